The van der Waals surface area contributed by atoms with E-state index in [-0.39, 0.29) is 17.2 Å². The summed E-state index contributed by atoms with van der Waals surface area (Å²) < 4.78 is 40.6. The summed E-state index contributed by atoms with van der Waals surface area (Å²) in [6.07, 6.45) is 1.60. The van der Waals surface area contributed by atoms with Crippen LogP contribution in [0.25, 0.3) is 16.3 Å². The lowest BCUT2D eigenvalue weighted by atomic mass is 9.91. The number of hydrogen-bond donors (Lipinski definition) is 0. The van der Waals surface area contributed by atoms with E-state index in [0.717, 1.165) is 35.4 Å². The van der Waals surface area contributed by atoms with E-state index in [1.54, 1.807) is 12.1 Å². The standard InChI is InChI=1S/C23H29F3N2OS/c1-5-7-16(17-12-15(17)4)8-6-9-19(29)21-11-10-20(30-21)18-13-22(23(24,25)26)28(27-18)14(2)3/h10-11,13,15-17H,2,5-9,12H2,1,3-4H3. The second kappa shape index (κ2) is 9.08. The maximum atomic E-state index is 13.3. The van der Waals surface area contributed by atoms with Gasteiger partial charge in [0, 0.05) is 12.1 Å². The minimum atomic E-state index is -4.52. The van der Waals surface area contributed by atoms with Gasteiger partial charge in [-0.15, -0.1) is 11.3 Å². The summed E-state index contributed by atoms with van der Waals surface area (Å²) in [5.41, 5.74) is -0.462. The Labute approximate surface area is 180 Å². The van der Waals surface area contributed by atoms with Crippen molar-refractivity contribution in [2.75, 3.05) is 0 Å². The molecule has 0 radical (unpaired) electrons. The summed E-state index contributed by atoms with van der Waals surface area (Å²) in [7, 11) is 0. The van der Waals surface area contributed by atoms with Gasteiger partial charge in [-0.2, -0.15) is 18.3 Å². The number of carbonyl (C=O) groups is 1. The highest BCUT2D eigenvalue weighted by molar-refractivity contribution is 7.17. The van der Waals surface area contributed by atoms with E-state index >= 15 is 0 Å². The molecule has 164 valence electrons. The normalized spacial score (nSPS) is 19.7. The molecule has 2 aromatic rings. The molecule has 0 aromatic carbocycles. The van der Waals surface area contributed by atoms with Crippen molar-refractivity contribution in [1.29, 1.82) is 0 Å². The molecule has 3 atom stereocenters. The van der Waals surface area contributed by atoms with Crippen LogP contribution >= 0.6 is 11.3 Å². The Bertz CT molecular complexity index is 912. The van der Waals surface area contributed by atoms with E-state index in [2.05, 4.69) is 25.5 Å². The Hall–Kier alpha value is -1.89. The molecule has 1 aliphatic rings. The summed E-state index contributed by atoms with van der Waals surface area (Å²) in [6.45, 7) is 9.55. The fourth-order valence-electron chi connectivity index (χ4n) is 4.22. The second-order valence-corrected chi connectivity index (χ2v) is 9.55. The van der Waals surface area contributed by atoms with E-state index in [4.69, 9.17) is 0 Å². The van der Waals surface area contributed by atoms with Gasteiger partial charge in [-0.05, 0) is 62.1 Å². The van der Waals surface area contributed by atoms with Crippen LogP contribution in [0, 0.1) is 17.8 Å². The van der Waals surface area contributed by atoms with Gasteiger partial charge in [0.05, 0.1) is 9.75 Å². The molecule has 2 heterocycles. The van der Waals surface area contributed by atoms with Gasteiger partial charge in [0.1, 0.15) is 11.4 Å². The number of hydrogen-bond acceptors (Lipinski definition) is 3. The fraction of sp³-hybridized carbons (Fsp3) is 0.565. The smallest absolute Gasteiger partial charge is 0.293 e. The number of thiophene rings is 1. The van der Waals surface area contributed by atoms with Crippen molar-refractivity contribution in [2.24, 2.45) is 17.8 Å². The molecule has 0 bridgehead atoms. The predicted octanol–water partition coefficient (Wildman–Crippen LogP) is 7.55. The first kappa shape index (κ1) is 22.8. The second-order valence-electron chi connectivity index (χ2n) is 8.46. The van der Waals surface area contributed by atoms with Crippen LogP contribution < -0.4 is 0 Å². The van der Waals surface area contributed by atoms with Crippen molar-refractivity contribution in [3.8, 4) is 10.6 Å². The van der Waals surface area contributed by atoms with Crippen molar-refractivity contribution >= 4 is 22.8 Å². The molecule has 1 saturated carbocycles. The first-order valence-corrected chi connectivity index (χ1v) is 11.4. The van der Waals surface area contributed by atoms with Crippen molar-refractivity contribution in [1.82, 2.24) is 9.78 Å². The van der Waals surface area contributed by atoms with Crippen LogP contribution in [-0.2, 0) is 6.18 Å². The van der Waals surface area contributed by atoms with E-state index < -0.39 is 11.9 Å². The summed E-state index contributed by atoms with van der Waals surface area (Å²) >= 11 is 1.20. The van der Waals surface area contributed by atoms with Crippen LogP contribution in [0.15, 0.2) is 24.8 Å². The molecule has 0 saturated heterocycles. The fourth-order valence-corrected chi connectivity index (χ4v) is 5.15. The average Bonchev–Trinajstić information content (AvgIpc) is 3.09. The minimum Gasteiger partial charge on any atom is -0.293 e. The van der Waals surface area contributed by atoms with Gasteiger partial charge in [0.15, 0.2) is 5.78 Å². The molecular weight excluding hydrogens is 409 g/mol. The Kier molecular flexibility index (Phi) is 6.90. The minimum absolute atomic E-state index is 0.0562. The number of nitrogens with zero attached hydrogens (tertiary/aromatic N) is 2. The van der Waals surface area contributed by atoms with Crippen molar-refractivity contribution in [2.45, 2.75) is 65.5 Å². The maximum absolute atomic E-state index is 13.3. The van der Waals surface area contributed by atoms with Gasteiger partial charge in [0.2, 0.25) is 0 Å². The van der Waals surface area contributed by atoms with Gasteiger partial charge < -0.3 is 0 Å². The molecule has 1 aliphatic carbocycles. The van der Waals surface area contributed by atoms with Gasteiger partial charge in [-0.3, -0.25) is 4.79 Å². The molecule has 3 nitrogen and oxygen atoms in total. The third-order valence-corrected chi connectivity index (χ3v) is 7.06. The van der Waals surface area contributed by atoms with Gasteiger partial charge in [0.25, 0.3) is 0 Å². The molecule has 0 aliphatic heterocycles. The number of carbonyl (C=O) groups excluding carboxylic acids is 1. The number of Topliss-reactive ketones (excluding diaryl/α,β-unsaturated/α-hetero) is 1. The van der Waals surface area contributed by atoms with E-state index in [0.29, 0.717) is 22.1 Å². The Balaban J connectivity index is 1.64. The van der Waals surface area contributed by atoms with E-state index in [9.17, 15) is 18.0 Å². The molecule has 3 rings (SSSR count). The third kappa shape index (κ3) is 5.23. The molecule has 3 unspecified atom stereocenters. The Morgan fingerprint density at radius 2 is 2.07 bits per heavy atom. The van der Waals surface area contributed by atoms with Gasteiger partial charge >= 0.3 is 6.18 Å². The lowest BCUT2D eigenvalue weighted by Gasteiger charge is -2.15. The number of ketones is 1. The highest BCUT2D eigenvalue weighted by Gasteiger charge is 2.38. The molecule has 0 N–H and O–H groups in total. The summed E-state index contributed by atoms with van der Waals surface area (Å²) in [5, 5.41) is 4.05. The summed E-state index contributed by atoms with van der Waals surface area (Å²) in [4.78, 5) is 13.7. The maximum Gasteiger partial charge on any atom is 0.433 e. The molecule has 2 aromatic heterocycles. The van der Waals surface area contributed by atoms with Crippen LogP contribution in [0.4, 0.5) is 13.2 Å². The molecule has 1 fully saturated rings. The van der Waals surface area contributed by atoms with Crippen LogP contribution in [-0.4, -0.2) is 15.6 Å². The predicted molar refractivity (Wildman–Crippen MR) is 115 cm³/mol. The van der Waals surface area contributed by atoms with Crippen LogP contribution in [0.3, 0.4) is 0 Å². The number of allylic oxidation sites excluding steroid dienone is 1. The SMILES string of the molecule is C=C(C)n1nc(-c2ccc(C(=O)CCCC(CCC)C3CC3C)s2)cc1C(F)(F)F. The largest absolute Gasteiger partial charge is 0.433 e. The number of rotatable bonds is 10. The zero-order valence-corrected chi connectivity index (χ0v) is 18.6. The van der Waals surface area contributed by atoms with E-state index in [1.165, 1.54) is 37.5 Å². The van der Waals surface area contributed by atoms with Crippen molar-refractivity contribution in [3.63, 3.8) is 0 Å². The van der Waals surface area contributed by atoms with Crippen LogP contribution in [0.1, 0.15) is 74.7 Å². The van der Waals surface area contributed by atoms with Gasteiger partial charge in [-0.25, -0.2) is 4.68 Å². The van der Waals surface area contributed by atoms with Crippen molar-refractivity contribution < 1.29 is 18.0 Å². The average molecular weight is 439 g/mol. The first-order chi connectivity index (χ1) is 14.1. The molecular formula is C23H29F3N2OS. The molecule has 7 heteroatoms. The van der Waals surface area contributed by atoms with Crippen molar-refractivity contribution in [3.05, 3.63) is 35.3 Å². The highest BCUT2D eigenvalue weighted by Crippen LogP contribution is 2.47. The number of alkyl halides is 3. The lowest BCUT2D eigenvalue weighted by molar-refractivity contribution is -0.142. The number of aromatic nitrogens is 2. The molecule has 30 heavy (non-hydrogen) atoms. The zero-order chi connectivity index (χ0) is 22.1. The molecule has 0 amide bonds. The number of halogens is 3. The first-order valence-electron chi connectivity index (χ1n) is 10.6. The topological polar surface area (TPSA) is 34.9 Å². The van der Waals surface area contributed by atoms with Gasteiger partial charge in [-0.1, -0.05) is 33.3 Å². The summed E-state index contributed by atoms with van der Waals surface area (Å²) in [6, 6.07) is 4.39. The lowest BCUT2D eigenvalue weighted by Crippen LogP contribution is -2.12. The molecule has 0 spiro atoms. The summed E-state index contributed by atoms with van der Waals surface area (Å²) in [5.74, 6) is 2.40. The Morgan fingerprint density at radius 1 is 1.37 bits per heavy atom. The zero-order valence-electron chi connectivity index (χ0n) is 17.8. The van der Waals surface area contributed by atoms with E-state index in [1.807, 2.05) is 0 Å². The quantitative estimate of drug-likeness (QED) is 0.359. The van der Waals surface area contributed by atoms with Crippen LogP contribution in [0.2, 0.25) is 0 Å². The van der Waals surface area contributed by atoms with Crippen LogP contribution in [0.5, 0.6) is 0 Å². The third-order valence-electron chi connectivity index (χ3n) is 5.91. The monoisotopic (exact) mass is 438 g/mol. The highest BCUT2D eigenvalue weighted by atomic mass is 32.1. The Morgan fingerprint density at radius 3 is 2.60 bits per heavy atom.